The summed E-state index contributed by atoms with van der Waals surface area (Å²) >= 11 is 1.55. The van der Waals surface area contributed by atoms with Crippen molar-refractivity contribution in [1.82, 2.24) is 9.88 Å². The van der Waals surface area contributed by atoms with E-state index in [1.54, 1.807) is 17.7 Å². The lowest BCUT2D eigenvalue weighted by molar-refractivity contribution is 0.643. The summed E-state index contributed by atoms with van der Waals surface area (Å²) in [6.07, 6.45) is 1.76. The number of aliphatic imine (C=N–C) groups is 1. The molecule has 0 spiro atoms. The number of hydrogen-bond donors (Lipinski definition) is 0. The van der Waals surface area contributed by atoms with Crippen LogP contribution in [0.4, 0.5) is 5.13 Å². The SMILES string of the molecule is CN(C)/C=N/c1nc(-c2ccccc2)cs1. The minimum atomic E-state index is 0.785. The molecule has 1 aromatic carbocycles. The lowest BCUT2D eigenvalue weighted by Crippen LogP contribution is -2.06. The fourth-order valence-corrected chi connectivity index (χ4v) is 1.89. The molecule has 0 radical (unpaired) electrons. The Labute approximate surface area is 99.1 Å². The summed E-state index contributed by atoms with van der Waals surface area (Å²) in [5, 5.41) is 2.81. The van der Waals surface area contributed by atoms with Gasteiger partial charge in [-0.15, -0.1) is 11.3 Å². The number of benzene rings is 1. The van der Waals surface area contributed by atoms with E-state index in [9.17, 15) is 0 Å². The van der Waals surface area contributed by atoms with E-state index in [-0.39, 0.29) is 0 Å². The number of nitrogens with zero attached hydrogens (tertiary/aromatic N) is 3. The molecule has 1 heterocycles. The minimum Gasteiger partial charge on any atom is -0.369 e. The molecule has 3 nitrogen and oxygen atoms in total. The average molecular weight is 231 g/mol. The second kappa shape index (κ2) is 4.90. The van der Waals surface area contributed by atoms with Crippen molar-refractivity contribution < 1.29 is 0 Å². The normalized spacial score (nSPS) is 10.9. The van der Waals surface area contributed by atoms with Crippen LogP contribution in [-0.2, 0) is 0 Å². The predicted octanol–water partition coefficient (Wildman–Crippen LogP) is 3.03. The molecule has 82 valence electrons. The summed E-state index contributed by atoms with van der Waals surface area (Å²) in [5.41, 5.74) is 2.11. The second-order valence-corrected chi connectivity index (χ2v) is 4.43. The fraction of sp³-hybridized carbons (Fsp3) is 0.167. The summed E-state index contributed by atoms with van der Waals surface area (Å²) in [6, 6.07) is 10.1. The van der Waals surface area contributed by atoms with Gasteiger partial charge in [-0.1, -0.05) is 30.3 Å². The Kier molecular flexibility index (Phi) is 3.31. The molecule has 0 saturated carbocycles. The molecular formula is C12H13N3S. The standard InChI is InChI=1S/C12H13N3S/c1-15(2)9-13-12-14-11(8-16-12)10-6-4-3-5-7-10/h3-9H,1-2H3/b13-9+. The quantitative estimate of drug-likeness (QED) is 0.600. The Morgan fingerprint density at radius 3 is 2.69 bits per heavy atom. The number of aromatic nitrogens is 1. The van der Waals surface area contributed by atoms with Crippen molar-refractivity contribution in [3.63, 3.8) is 0 Å². The first-order valence-electron chi connectivity index (χ1n) is 4.97. The first kappa shape index (κ1) is 10.8. The van der Waals surface area contributed by atoms with Gasteiger partial charge in [-0.2, -0.15) is 0 Å². The van der Waals surface area contributed by atoms with Crippen LogP contribution in [0.5, 0.6) is 0 Å². The molecule has 4 heteroatoms. The van der Waals surface area contributed by atoms with Crippen LogP contribution >= 0.6 is 11.3 Å². The van der Waals surface area contributed by atoms with Gasteiger partial charge < -0.3 is 4.90 Å². The van der Waals surface area contributed by atoms with E-state index in [4.69, 9.17) is 0 Å². The monoisotopic (exact) mass is 231 g/mol. The molecular weight excluding hydrogens is 218 g/mol. The van der Waals surface area contributed by atoms with Gasteiger partial charge in [0.15, 0.2) is 0 Å². The van der Waals surface area contributed by atoms with Crippen LogP contribution in [0.3, 0.4) is 0 Å². The second-order valence-electron chi connectivity index (χ2n) is 3.59. The highest BCUT2D eigenvalue weighted by atomic mass is 32.1. The van der Waals surface area contributed by atoms with Gasteiger partial charge in [0.2, 0.25) is 5.13 Å². The molecule has 0 amide bonds. The topological polar surface area (TPSA) is 28.5 Å². The smallest absolute Gasteiger partial charge is 0.211 e. The van der Waals surface area contributed by atoms with Gasteiger partial charge in [0, 0.05) is 25.0 Å². The number of hydrogen-bond acceptors (Lipinski definition) is 3. The van der Waals surface area contributed by atoms with E-state index >= 15 is 0 Å². The van der Waals surface area contributed by atoms with Crippen LogP contribution in [0.2, 0.25) is 0 Å². The zero-order valence-corrected chi connectivity index (χ0v) is 10.1. The summed E-state index contributed by atoms with van der Waals surface area (Å²) in [7, 11) is 3.88. The molecule has 1 aromatic heterocycles. The Bertz CT molecular complexity index is 474. The van der Waals surface area contributed by atoms with Crippen LogP contribution in [0.1, 0.15) is 0 Å². The summed E-state index contributed by atoms with van der Waals surface area (Å²) in [5.74, 6) is 0. The molecule has 0 bridgehead atoms. The molecule has 2 aromatic rings. The average Bonchev–Trinajstić information content (AvgIpc) is 2.76. The maximum absolute atomic E-state index is 4.45. The Balaban J connectivity index is 2.20. The Hall–Kier alpha value is -1.68. The van der Waals surface area contributed by atoms with Crippen LogP contribution in [0, 0.1) is 0 Å². The highest BCUT2D eigenvalue weighted by Crippen LogP contribution is 2.25. The summed E-state index contributed by atoms with van der Waals surface area (Å²) in [6.45, 7) is 0. The van der Waals surface area contributed by atoms with Crippen molar-refractivity contribution in [2.45, 2.75) is 0 Å². The van der Waals surface area contributed by atoms with Gasteiger partial charge in [0.05, 0.1) is 12.0 Å². The molecule has 0 atom stereocenters. The molecule has 0 aliphatic rings. The van der Waals surface area contributed by atoms with Gasteiger partial charge in [-0.25, -0.2) is 9.98 Å². The van der Waals surface area contributed by atoms with Gasteiger partial charge in [-0.3, -0.25) is 0 Å². The van der Waals surface area contributed by atoms with Crippen LogP contribution in [0.25, 0.3) is 11.3 Å². The van der Waals surface area contributed by atoms with Crippen LogP contribution in [0.15, 0.2) is 40.7 Å². The highest BCUT2D eigenvalue weighted by Gasteiger charge is 2.01. The third-order valence-electron chi connectivity index (χ3n) is 1.96. The first-order valence-corrected chi connectivity index (χ1v) is 5.85. The minimum absolute atomic E-state index is 0.785. The molecule has 16 heavy (non-hydrogen) atoms. The summed E-state index contributed by atoms with van der Waals surface area (Å²) < 4.78 is 0. The van der Waals surface area contributed by atoms with Crippen LogP contribution in [-0.4, -0.2) is 30.3 Å². The molecule has 0 saturated heterocycles. The molecule has 0 N–H and O–H groups in total. The lowest BCUT2D eigenvalue weighted by atomic mass is 10.2. The van der Waals surface area contributed by atoms with Crippen molar-refractivity contribution in [2.75, 3.05) is 14.1 Å². The molecule has 0 aliphatic carbocycles. The first-order chi connectivity index (χ1) is 7.75. The lowest BCUT2D eigenvalue weighted by Gasteiger charge is -1.99. The van der Waals surface area contributed by atoms with Crippen molar-refractivity contribution >= 4 is 22.8 Å². The van der Waals surface area contributed by atoms with Crippen LogP contribution < -0.4 is 0 Å². The third-order valence-corrected chi connectivity index (χ3v) is 2.71. The largest absolute Gasteiger partial charge is 0.369 e. The van der Waals surface area contributed by atoms with E-state index < -0.39 is 0 Å². The number of thiazole rings is 1. The molecule has 0 aliphatic heterocycles. The van der Waals surface area contributed by atoms with Crippen molar-refractivity contribution in [2.24, 2.45) is 4.99 Å². The maximum atomic E-state index is 4.45. The van der Waals surface area contributed by atoms with Gasteiger partial charge in [0.1, 0.15) is 0 Å². The third kappa shape index (κ3) is 2.67. The molecule has 0 fully saturated rings. The summed E-state index contributed by atoms with van der Waals surface area (Å²) in [4.78, 5) is 10.6. The van der Waals surface area contributed by atoms with Crippen molar-refractivity contribution in [3.05, 3.63) is 35.7 Å². The van der Waals surface area contributed by atoms with E-state index in [1.165, 1.54) is 0 Å². The zero-order chi connectivity index (χ0) is 11.4. The fourth-order valence-electron chi connectivity index (χ4n) is 1.23. The molecule has 0 unspecified atom stereocenters. The van der Waals surface area contributed by atoms with E-state index in [0.29, 0.717) is 0 Å². The molecule has 2 rings (SSSR count). The Morgan fingerprint density at radius 2 is 2.00 bits per heavy atom. The van der Waals surface area contributed by atoms with Crippen molar-refractivity contribution in [3.8, 4) is 11.3 Å². The number of rotatable bonds is 3. The van der Waals surface area contributed by atoms with Crippen molar-refractivity contribution in [1.29, 1.82) is 0 Å². The zero-order valence-electron chi connectivity index (χ0n) is 9.29. The van der Waals surface area contributed by atoms with E-state index in [2.05, 4.69) is 22.1 Å². The Morgan fingerprint density at radius 1 is 1.25 bits per heavy atom. The van der Waals surface area contributed by atoms with Gasteiger partial charge in [0.25, 0.3) is 0 Å². The van der Waals surface area contributed by atoms with Gasteiger partial charge in [-0.05, 0) is 0 Å². The predicted molar refractivity (Wildman–Crippen MR) is 69.4 cm³/mol. The highest BCUT2D eigenvalue weighted by molar-refractivity contribution is 7.13. The van der Waals surface area contributed by atoms with Gasteiger partial charge >= 0.3 is 0 Å². The van der Waals surface area contributed by atoms with E-state index in [0.717, 1.165) is 16.4 Å². The maximum Gasteiger partial charge on any atom is 0.211 e. The van der Waals surface area contributed by atoms with E-state index in [1.807, 2.05) is 42.6 Å².